The Kier molecular flexibility index (Phi) is 3.81. The van der Waals surface area contributed by atoms with Crippen LogP contribution in [0.25, 0.3) is 11.3 Å². The summed E-state index contributed by atoms with van der Waals surface area (Å²) in [5.74, 6) is 5.47. The van der Waals surface area contributed by atoms with Gasteiger partial charge >= 0.3 is 0 Å². The van der Waals surface area contributed by atoms with Gasteiger partial charge in [0.1, 0.15) is 5.75 Å². The molecule has 0 atom stereocenters. The summed E-state index contributed by atoms with van der Waals surface area (Å²) in [6, 6.07) is 8.81. The topological polar surface area (TPSA) is 56.3 Å². The summed E-state index contributed by atoms with van der Waals surface area (Å²) in [7, 11) is 3.92. The molecule has 0 amide bonds. The second-order valence-electron chi connectivity index (χ2n) is 4.59. The lowest BCUT2D eigenvalue weighted by molar-refractivity contribution is 0.472. The number of aromatic hydroxyl groups is 1. The first-order valence-electron chi connectivity index (χ1n) is 6.19. The first-order valence-corrected chi connectivity index (χ1v) is 6.19. The van der Waals surface area contributed by atoms with Gasteiger partial charge in [-0.1, -0.05) is 18.1 Å². The van der Waals surface area contributed by atoms with Crippen LogP contribution in [0.4, 0.5) is 5.69 Å². The SMILES string of the molecule is CC#Cc1c(O)cc(=O)[nH]c1-c1ccc(N(C)C)cc1. The quantitative estimate of drug-likeness (QED) is 0.821. The number of H-pyrrole nitrogens is 1. The van der Waals surface area contributed by atoms with Gasteiger partial charge in [-0.15, -0.1) is 5.92 Å². The van der Waals surface area contributed by atoms with Crippen molar-refractivity contribution in [2.75, 3.05) is 19.0 Å². The highest BCUT2D eigenvalue weighted by Gasteiger charge is 2.10. The fourth-order valence-corrected chi connectivity index (χ4v) is 1.94. The summed E-state index contributed by atoms with van der Waals surface area (Å²) >= 11 is 0. The first-order chi connectivity index (χ1) is 9.52. The molecule has 0 radical (unpaired) electrons. The van der Waals surface area contributed by atoms with Crippen LogP contribution in [0.15, 0.2) is 35.1 Å². The Morgan fingerprint density at radius 1 is 1.20 bits per heavy atom. The summed E-state index contributed by atoms with van der Waals surface area (Å²) in [5, 5.41) is 9.88. The summed E-state index contributed by atoms with van der Waals surface area (Å²) < 4.78 is 0. The molecule has 2 aromatic rings. The number of pyridine rings is 1. The zero-order chi connectivity index (χ0) is 14.7. The minimum absolute atomic E-state index is 0.102. The molecule has 0 saturated heterocycles. The molecule has 2 N–H and O–H groups in total. The van der Waals surface area contributed by atoms with Crippen LogP contribution >= 0.6 is 0 Å². The maximum Gasteiger partial charge on any atom is 0.252 e. The molecule has 0 aliphatic rings. The lowest BCUT2D eigenvalue weighted by atomic mass is 10.0. The van der Waals surface area contributed by atoms with E-state index in [2.05, 4.69) is 16.8 Å². The Morgan fingerprint density at radius 2 is 1.85 bits per heavy atom. The summed E-state index contributed by atoms with van der Waals surface area (Å²) in [5.41, 5.74) is 2.48. The zero-order valence-electron chi connectivity index (χ0n) is 11.7. The summed E-state index contributed by atoms with van der Waals surface area (Å²) in [6.07, 6.45) is 0. The third kappa shape index (κ3) is 2.67. The number of hydrogen-bond donors (Lipinski definition) is 2. The van der Waals surface area contributed by atoms with Crippen LogP contribution in [0.1, 0.15) is 12.5 Å². The van der Waals surface area contributed by atoms with Crippen molar-refractivity contribution >= 4 is 5.69 Å². The van der Waals surface area contributed by atoms with Crippen LogP contribution in [0, 0.1) is 11.8 Å². The minimum atomic E-state index is -0.351. The van der Waals surface area contributed by atoms with Gasteiger partial charge in [0.2, 0.25) is 0 Å². The molecular formula is C16H16N2O2. The van der Waals surface area contributed by atoms with E-state index < -0.39 is 0 Å². The van der Waals surface area contributed by atoms with Gasteiger partial charge in [0, 0.05) is 25.8 Å². The number of aromatic nitrogens is 1. The van der Waals surface area contributed by atoms with Crippen LogP contribution in [0.5, 0.6) is 5.75 Å². The molecule has 1 aromatic heterocycles. The number of nitrogens with zero attached hydrogens (tertiary/aromatic N) is 1. The maximum absolute atomic E-state index is 11.5. The van der Waals surface area contributed by atoms with E-state index in [0.29, 0.717) is 11.3 Å². The van der Waals surface area contributed by atoms with Crippen molar-refractivity contribution < 1.29 is 5.11 Å². The highest BCUT2D eigenvalue weighted by Crippen LogP contribution is 2.27. The third-order valence-electron chi connectivity index (χ3n) is 2.94. The molecule has 102 valence electrons. The number of rotatable bonds is 2. The van der Waals surface area contributed by atoms with Crippen molar-refractivity contribution in [3.63, 3.8) is 0 Å². The maximum atomic E-state index is 11.5. The van der Waals surface area contributed by atoms with Gasteiger partial charge in [0.15, 0.2) is 0 Å². The van der Waals surface area contributed by atoms with Crippen molar-refractivity contribution in [1.29, 1.82) is 0 Å². The van der Waals surface area contributed by atoms with Crippen molar-refractivity contribution in [3.8, 4) is 28.8 Å². The molecule has 4 nitrogen and oxygen atoms in total. The van der Waals surface area contributed by atoms with Crippen LogP contribution in [0.3, 0.4) is 0 Å². The highest BCUT2D eigenvalue weighted by atomic mass is 16.3. The van der Waals surface area contributed by atoms with Gasteiger partial charge in [-0.3, -0.25) is 4.79 Å². The number of hydrogen-bond acceptors (Lipinski definition) is 3. The van der Waals surface area contributed by atoms with Crippen LogP contribution in [-0.2, 0) is 0 Å². The van der Waals surface area contributed by atoms with Crippen LogP contribution in [0.2, 0.25) is 0 Å². The van der Waals surface area contributed by atoms with Crippen molar-refractivity contribution in [2.24, 2.45) is 0 Å². The fraction of sp³-hybridized carbons (Fsp3) is 0.188. The molecular weight excluding hydrogens is 252 g/mol. The first kappa shape index (κ1) is 13.8. The Balaban J connectivity index is 2.61. The predicted octanol–water partition coefficient (Wildman–Crippen LogP) is 2.18. The molecule has 0 bridgehead atoms. The predicted molar refractivity (Wildman–Crippen MR) is 81.0 cm³/mol. The molecule has 0 saturated carbocycles. The molecule has 2 rings (SSSR count). The van der Waals surface area contributed by atoms with Gasteiger partial charge in [-0.2, -0.15) is 0 Å². The Bertz CT molecular complexity index is 732. The second kappa shape index (κ2) is 5.54. The van der Waals surface area contributed by atoms with Crippen LogP contribution in [-0.4, -0.2) is 24.2 Å². The van der Waals surface area contributed by atoms with Gasteiger partial charge in [-0.05, 0) is 24.6 Å². The molecule has 4 heteroatoms. The fourth-order valence-electron chi connectivity index (χ4n) is 1.94. The van der Waals surface area contributed by atoms with Crippen LogP contribution < -0.4 is 10.5 Å². The largest absolute Gasteiger partial charge is 0.506 e. The molecule has 20 heavy (non-hydrogen) atoms. The average Bonchev–Trinajstić information content (AvgIpc) is 2.41. The smallest absolute Gasteiger partial charge is 0.252 e. The number of anilines is 1. The van der Waals surface area contributed by atoms with Gasteiger partial charge in [0.05, 0.1) is 11.3 Å². The van der Waals surface area contributed by atoms with Crippen molar-refractivity contribution in [1.82, 2.24) is 4.98 Å². The monoisotopic (exact) mass is 268 g/mol. The average molecular weight is 268 g/mol. The lowest BCUT2D eigenvalue weighted by Crippen LogP contribution is -2.09. The molecule has 1 heterocycles. The van der Waals surface area contributed by atoms with E-state index in [1.165, 1.54) is 0 Å². The zero-order valence-corrected chi connectivity index (χ0v) is 11.7. The highest BCUT2D eigenvalue weighted by molar-refractivity contribution is 5.71. The Labute approximate surface area is 117 Å². The van der Waals surface area contributed by atoms with E-state index in [1.54, 1.807) is 6.92 Å². The van der Waals surface area contributed by atoms with Crippen molar-refractivity contribution in [2.45, 2.75) is 6.92 Å². The normalized spacial score (nSPS) is 9.75. The molecule has 0 fully saturated rings. The van der Waals surface area contributed by atoms with Gasteiger partial charge < -0.3 is 15.0 Å². The van der Waals surface area contributed by atoms with E-state index in [-0.39, 0.29) is 11.3 Å². The van der Waals surface area contributed by atoms with E-state index in [4.69, 9.17) is 0 Å². The minimum Gasteiger partial charge on any atom is -0.506 e. The second-order valence-corrected chi connectivity index (χ2v) is 4.59. The molecule has 0 aliphatic heterocycles. The van der Waals surface area contributed by atoms with E-state index in [1.807, 2.05) is 43.3 Å². The standard InChI is InChI=1S/C16H16N2O2/c1-4-5-13-14(19)10-15(20)17-16(13)11-6-8-12(9-7-11)18(2)3/h6-10H,1-3H3,(H2,17,19,20). The molecule has 0 spiro atoms. The Hall–Kier alpha value is -2.67. The molecule has 0 aliphatic carbocycles. The van der Waals surface area contributed by atoms with E-state index in [0.717, 1.165) is 17.3 Å². The van der Waals surface area contributed by atoms with E-state index >= 15 is 0 Å². The van der Waals surface area contributed by atoms with Gasteiger partial charge in [-0.25, -0.2) is 0 Å². The number of benzene rings is 1. The Morgan fingerprint density at radius 3 is 2.40 bits per heavy atom. The molecule has 0 unspecified atom stereocenters. The van der Waals surface area contributed by atoms with E-state index in [9.17, 15) is 9.90 Å². The number of nitrogens with one attached hydrogen (secondary N) is 1. The lowest BCUT2D eigenvalue weighted by Gasteiger charge is -2.13. The van der Waals surface area contributed by atoms with Gasteiger partial charge in [0.25, 0.3) is 5.56 Å². The number of aromatic amines is 1. The van der Waals surface area contributed by atoms with Crippen molar-refractivity contribution in [3.05, 3.63) is 46.2 Å². The summed E-state index contributed by atoms with van der Waals surface area (Å²) in [6.45, 7) is 1.68. The molecule has 1 aromatic carbocycles. The third-order valence-corrected chi connectivity index (χ3v) is 2.94. The summed E-state index contributed by atoms with van der Waals surface area (Å²) in [4.78, 5) is 16.3.